The Bertz CT molecular complexity index is 838. The molecule has 7 nitrogen and oxygen atoms in total. The maximum atomic E-state index is 5.82. The Kier molecular flexibility index (Phi) is 3.92. The largest absolute Gasteiger partial charge is 0.437 e. The summed E-state index contributed by atoms with van der Waals surface area (Å²) in [6, 6.07) is 5.26. The highest BCUT2D eigenvalue weighted by atomic mass is 16.5. The van der Waals surface area contributed by atoms with Gasteiger partial charge in [-0.25, -0.2) is 9.97 Å². The molecule has 0 amide bonds. The molecule has 0 bridgehead atoms. The number of aryl methyl sites for hydroxylation is 1. The molecule has 0 saturated heterocycles. The van der Waals surface area contributed by atoms with Gasteiger partial charge in [0.05, 0.1) is 23.9 Å². The van der Waals surface area contributed by atoms with Crippen molar-refractivity contribution in [2.24, 2.45) is 12.8 Å². The van der Waals surface area contributed by atoms with E-state index in [9.17, 15) is 0 Å². The minimum atomic E-state index is 0.422. The Morgan fingerprint density at radius 2 is 2.04 bits per heavy atom. The molecule has 116 valence electrons. The summed E-state index contributed by atoms with van der Waals surface area (Å²) in [7, 11) is 1.91. The molecule has 4 N–H and O–H groups in total. The summed E-state index contributed by atoms with van der Waals surface area (Å²) in [6.07, 6.45) is 9.96. The van der Waals surface area contributed by atoms with Crippen LogP contribution in [0, 0.1) is 0 Å². The molecule has 0 aliphatic carbocycles. The van der Waals surface area contributed by atoms with Gasteiger partial charge in [0.25, 0.3) is 0 Å². The zero-order valence-electron chi connectivity index (χ0n) is 12.5. The maximum absolute atomic E-state index is 5.82. The molecule has 0 unspecified atom stereocenters. The van der Waals surface area contributed by atoms with Crippen molar-refractivity contribution in [3.05, 3.63) is 55.0 Å². The number of nitrogens with zero attached hydrogens (tertiary/aromatic N) is 4. The van der Waals surface area contributed by atoms with Crippen molar-refractivity contribution in [3.8, 4) is 22.9 Å². The van der Waals surface area contributed by atoms with E-state index in [-0.39, 0.29) is 0 Å². The minimum absolute atomic E-state index is 0.422. The third kappa shape index (κ3) is 3.29. The summed E-state index contributed by atoms with van der Waals surface area (Å²) in [6.45, 7) is 0. The van der Waals surface area contributed by atoms with Gasteiger partial charge in [0, 0.05) is 31.1 Å². The summed E-state index contributed by atoms with van der Waals surface area (Å²) in [4.78, 5) is 12.8. The molecule has 23 heavy (non-hydrogen) atoms. The molecular weight excluding hydrogens is 292 g/mol. The number of aromatic nitrogens is 4. The smallest absolute Gasteiger partial charge is 0.219 e. The molecular formula is C16H16N6O. The molecule has 0 atom stereocenters. The molecule has 0 fully saturated rings. The van der Waals surface area contributed by atoms with E-state index < -0.39 is 0 Å². The fraction of sp³-hybridized carbons (Fsp3) is 0.0625. The van der Waals surface area contributed by atoms with Gasteiger partial charge in [-0.1, -0.05) is 0 Å². The Balaban J connectivity index is 1.99. The standard InChI is InChI=1S/C16H16N6O/c1-22-9-14(21-10-22)11-6-15(13(4-5-17)19-7-11)23-16-3-2-12(18)8-20-16/h2-10H,17-18H2,1H3. The van der Waals surface area contributed by atoms with Gasteiger partial charge in [-0.15, -0.1) is 0 Å². The molecule has 3 aromatic heterocycles. The number of hydrogen-bond donors (Lipinski definition) is 2. The van der Waals surface area contributed by atoms with Crippen molar-refractivity contribution >= 4 is 11.8 Å². The first-order chi connectivity index (χ1) is 11.2. The van der Waals surface area contributed by atoms with E-state index in [1.165, 1.54) is 12.4 Å². The van der Waals surface area contributed by atoms with Gasteiger partial charge < -0.3 is 20.8 Å². The van der Waals surface area contributed by atoms with Crippen LogP contribution >= 0.6 is 0 Å². The second-order valence-corrected chi connectivity index (χ2v) is 4.92. The van der Waals surface area contributed by atoms with Crippen LogP contribution < -0.4 is 16.2 Å². The van der Waals surface area contributed by atoms with Crippen molar-refractivity contribution in [2.75, 3.05) is 5.73 Å². The summed E-state index contributed by atoms with van der Waals surface area (Å²) < 4.78 is 7.68. The number of ether oxygens (including phenoxy) is 1. The molecule has 3 aromatic rings. The predicted molar refractivity (Wildman–Crippen MR) is 88.4 cm³/mol. The summed E-state index contributed by atoms with van der Waals surface area (Å²) in [5, 5.41) is 0. The second kappa shape index (κ2) is 6.18. The first-order valence-corrected chi connectivity index (χ1v) is 6.92. The molecule has 3 heterocycles. The first kappa shape index (κ1) is 14.6. The van der Waals surface area contributed by atoms with Crippen LogP contribution in [0.2, 0.25) is 0 Å². The lowest BCUT2D eigenvalue weighted by Crippen LogP contribution is -1.95. The summed E-state index contributed by atoms with van der Waals surface area (Å²) >= 11 is 0. The van der Waals surface area contributed by atoms with E-state index in [1.54, 1.807) is 30.7 Å². The first-order valence-electron chi connectivity index (χ1n) is 6.92. The van der Waals surface area contributed by atoms with Crippen LogP contribution in [0.25, 0.3) is 17.3 Å². The van der Waals surface area contributed by atoms with Gasteiger partial charge >= 0.3 is 0 Å². The Labute approximate surface area is 133 Å². The lowest BCUT2D eigenvalue weighted by molar-refractivity contribution is 0.460. The number of imidazole rings is 1. The SMILES string of the molecule is Cn1cnc(-c2cnc(C=CN)c(Oc3ccc(N)cn3)c2)c1. The van der Waals surface area contributed by atoms with Gasteiger partial charge in [-0.2, -0.15) is 0 Å². The zero-order chi connectivity index (χ0) is 16.2. The molecule has 7 heteroatoms. The molecule has 0 aliphatic rings. The normalized spacial score (nSPS) is 11.0. The Hall–Kier alpha value is -3.35. The minimum Gasteiger partial charge on any atom is -0.437 e. The van der Waals surface area contributed by atoms with Crippen LogP contribution in [0.15, 0.2) is 49.3 Å². The zero-order valence-corrected chi connectivity index (χ0v) is 12.5. The van der Waals surface area contributed by atoms with E-state index in [1.807, 2.05) is 23.9 Å². The summed E-state index contributed by atoms with van der Waals surface area (Å²) in [5.74, 6) is 0.956. The predicted octanol–water partition coefficient (Wildman–Crippen LogP) is 2.18. The highest BCUT2D eigenvalue weighted by Gasteiger charge is 2.10. The van der Waals surface area contributed by atoms with Gasteiger partial charge in [0.15, 0.2) is 5.75 Å². The number of rotatable bonds is 4. The van der Waals surface area contributed by atoms with Gasteiger partial charge in [-0.3, -0.25) is 4.98 Å². The third-order valence-electron chi connectivity index (χ3n) is 3.11. The number of nitrogens with two attached hydrogens (primary N) is 2. The Morgan fingerprint density at radius 1 is 1.17 bits per heavy atom. The van der Waals surface area contributed by atoms with Crippen LogP contribution in [-0.2, 0) is 7.05 Å². The van der Waals surface area contributed by atoms with Crippen molar-refractivity contribution < 1.29 is 4.74 Å². The molecule has 3 rings (SSSR count). The molecule has 0 aromatic carbocycles. The summed E-state index contributed by atoms with van der Waals surface area (Å²) in [5.41, 5.74) is 13.9. The average Bonchev–Trinajstić information content (AvgIpc) is 2.98. The van der Waals surface area contributed by atoms with E-state index in [0.29, 0.717) is 23.0 Å². The fourth-order valence-corrected chi connectivity index (χ4v) is 2.02. The van der Waals surface area contributed by atoms with Crippen LogP contribution in [0.4, 0.5) is 5.69 Å². The average molecular weight is 308 g/mol. The van der Waals surface area contributed by atoms with Crippen molar-refractivity contribution in [2.45, 2.75) is 0 Å². The van der Waals surface area contributed by atoms with E-state index in [2.05, 4.69) is 15.0 Å². The number of anilines is 1. The lowest BCUT2D eigenvalue weighted by Gasteiger charge is -2.09. The highest BCUT2D eigenvalue weighted by molar-refractivity contribution is 5.64. The highest BCUT2D eigenvalue weighted by Crippen LogP contribution is 2.28. The monoisotopic (exact) mass is 308 g/mol. The Morgan fingerprint density at radius 3 is 2.70 bits per heavy atom. The van der Waals surface area contributed by atoms with Crippen molar-refractivity contribution in [3.63, 3.8) is 0 Å². The quantitative estimate of drug-likeness (QED) is 0.765. The van der Waals surface area contributed by atoms with Crippen molar-refractivity contribution in [1.29, 1.82) is 0 Å². The molecule has 0 aliphatic heterocycles. The van der Waals surface area contributed by atoms with Crippen LogP contribution in [0.5, 0.6) is 11.6 Å². The maximum Gasteiger partial charge on any atom is 0.219 e. The van der Waals surface area contributed by atoms with Crippen LogP contribution in [0.3, 0.4) is 0 Å². The fourth-order valence-electron chi connectivity index (χ4n) is 2.02. The number of hydrogen-bond acceptors (Lipinski definition) is 6. The lowest BCUT2D eigenvalue weighted by atomic mass is 10.2. The van der Waals surface area contributed by atoms with Gasteiger partial charge in [0.1, 0.15) is 5.69 Å². The van der Waals surface area contributed by atoms with Crippen LogP contribution in [-0.4, -0.2) is 19.5 Å². The topological polar surface area (TPSA) is 105 Å². The third-order valence-corrected chi connectivity index (χ3v) is 3.11. The molecule has 0 radical (unpaired) electrons. The van der Waals surface area contributed by atoms with E-state index in [0.717, 1.165) is 11.3 Å². The number of pyridine rings is 2. The second-order valence-electron chi connectivity index (χ2n) is 4.92. The van der Waals surface area contributed by atoms with Gasteiger partial charge in [-0.05, 0) is 24.4 Å². The van der Waals surface area contributed by atoms with Gasteiger partial charge in [0.2, 0.25) is 5.88 Å². The molecule has 0 spiro atoms. The molecule has 0 saturated carbocycles. The van der Waals surface area contributed by atoms with E-state index in [4.69, 9.17) is 16.2 Å². The van der Waals surface area contributed by atoms with Crippen LogP contribution in [0.1, 0.15) is 5.69 Å². The van der Waals surface area contributed by atoms with Crippen molar-refractivity contribution in [1.82, 2.24) is 19.5 Å². The number of nitrogen functional groups attached to an aromatic ring is 1. The van der Waals surface area contributed by atoms with E-state index >= 15 is 0 Å².